The fourth-order valence-electron chi connectivity index (χ4n) is 2.91. The van der Waals surface area contributed by atoms with Crippen molar-refractivity contribution in [3.05, 3.63) is 53.5 Å². The van der Waals surface area contributed by atoms with Crippen molar-refractivity contribution in [1.29, 1.82) is 0 Å². The summed E-state index contributed by atoms with van der Waals surface area (Å²) in [4.78, 5) is 4.31. The number of nitrogens with two attached hydrogens (primary N) is 1. The minimum atomic E-state index is -1.13. The number of aryl methyl sites for hydroxylation is 1. The van der Waals surface area contributed by atoms with Gasteiger partial charge in [0, 0.05) is 18.2 Å². The number of anilines is 1. The van der Waals surface area contributed by atoms with Gasteiger partial charge >= 0.3 is 0 Å². The van der Waals surface area contributed by atoms with Crippen LogP contribution in [-0.4, -0.2) is 24.5 Å². The zero-order valence-electron chi connectivity index (χ0n) is 12.0. The van der Waals surface area contributed by atoms with Crippen molar-refractivity contribution in [2.75, 3.05) is 5.73 Å². The number of fused-ring (bicyclic) bond motifs is 1. The second kappa shape index (κ2) is 4.66. The molecule has 4 rings (SSSR count). The number of nitrogens with zero attached hydrogens (tertiary/aromatic N) is 5. The van der Waals surface area contributed by atoms with Gasteiger partial charge in [0.15, 0.2) is 12.0 Å². The number of alkyl halides is 1. The van der Waals surface area contributed by atoms with E-state index in [4.69, 9.17) is 5.73 Å². The normalized spacial score (nSPS) is 20.3. The summed E-state index contributed by atoms with van der Waals surface area (Å²) in [7, 11) is 0. The van der Waals surface area contributed by atoms with E-state index < -0.39 is 6.17 Å². The van der Waals surface area contributed by atoms with Crippen molar-refractivity contribution in [1.82, 2.24) is 24.5 Å². The number of hydrogen-bond acceptors (Lipinski definition) is 4. The monoisotopic (exact) mass is 298 g/mol. The van der Waals surface area contributed by atoms with Gasteiger partial charge in [-0.3, -0.25) is 0 Å². The molecule has 0 spiro atoms. The highest BCUT2D eigenvalue weighted by Gasteiger charge is 2.35. The Morgan fingerprint density at radius 2 is 2.00 bits per heavy atom. The first-order chi connectivity index (χ1) is 10.6. The molecule has 1 aliphatic heterocycles. The molecule has 112 valence electrons. The fourth-order valence-corrected chi connectivity index (χ4v) is 2.91. The van der Waals surface area contributed by atoms with Crippen molar-refractivity contribution in [2.24, 2.45) is 0 Å². The van der Waals surface area contributed by atoms with Crippen molar-refractivity contribution in [2.45, 2.75) is 25.6 Å². The van der Waals surface area contributed by atoms with E-state index >= 15 is 0 Å². The number of nitrogen functional groups attached to an aromatic ring is 1. The molecule has 7 heteroatoms. The Kier molecular flexibility index (Phi) is 2.75. The highest BCUT2D eigenvalue weighted by atomic mass is 19.1. The summed E-state index contributed by atoms with van der Waals surface area (Å²) in [6.07, 6.45) is -0.764. The maximum Gasteiger partial charge on any atom is 0.270 e. The van der Waals surface area contributed by atoms with Gasteiger partial charge < -0.3 is 5.73 Å². The van der Waals surface area contributed by atoms with Gasteiger partial charge in [0.1, 0.15) is 5.82 Å². The Balaban J connectivity index is 1.79. The second-order valence-corrected chi connectivity index (χ2v) is 5.47. The summed E-state index contributed by atoms with van der Waals surface area (Å²) < 4.78 is 17.5. The van der Waals surface area contributed by atoms with E-state index in [2.05, 4.69) is 15.2 Å². The lowest BCUT2D eigenvalue weighted by molar-refractivity contribution is 0.328. The summed E-state index contributed by atoms with van der Waals surface area (Å²) >= 11 is 0. The molecule has 0 bridgehead atoms. The summed E-state index contributed by atoms with van der Waals surface area (Å²) in [5, 5.41) is 8.60. The highest BCUT2D eigenvalue weighted by Crippen LogP contribution is 2.39. The Morgan fingerprint density at radius 1 is 1.23 bits per heavy atom. The number of halogens is 1. The number of benzene rings is 1. The van der Waals surface area contributed by atoms with Gasteiger partial charge in [-0.25, -0.2) is 9.07 Å². The van der Waals surface area contributed by atoms with Crippen LogP contribution in [0.2, 0.25) is 0 Å². The Hall–Kier alpha value is -2.70. The fraction of sp³-hybridized carbons (Fsp3) is 0.267. The third-order valence-corrected chi connectivity index (χ3v) is 3.93. The lowest BCUT2D eigenvalue weighted by Crippen LogP contribution is -2.09. The third kappa shape index (κ3) is 1.89. The smallest absolute Gasteiger partial charge is 0.270 e. The molecule has 0 unspecified atom stereocenters. The van der Waals surface area contributed by atoms with E-state index in [1.807, 2.05) is 37.3 Å². The highest BCUT2D eigenvalue weighted by molar-refractivity contribution is 5.33. The minimum Gasteiger partial charge on any atom is -0.382 e. The van der Waals surface area contributed by atoms with E-state index in [0.29, 0.717) is 24.0 Å². The minimum absolute atomic E-state index is 0.138. The molecule has 2 N–H and O–H groups in total. The van der Waals surface area contributed by atoms with Crippen LogP contribution in [0.3, 0.4) is 0 Å². The van der Waals surface area contributed by atoms with Crippen LogP contribution in [0.5, 0.6) is 0 Å². The van der Waals surface area contributed by atoms with Gasteiger partial charge in [0.25, 0.3) is 5.95 Å². The standard InChI is InChI=1S/C15H15FN6/c1-9-7-13(17)19-21(9)15-18-14-11(16)8-12(22(14)20-15)10-5-3-2-4-6-10/h2-7,11-12H,8H2,1H3,(H2,17,19)/t11-,12-/m0/s1. The van der Waals surface area contributed by atoms with Gasteiger partial charge in [-0.1, -0.05) is 30.3 Å². The Labute approximate surface area is 126 Å². The SMILES string of the molecule is Cc1cc(N)nn1-c1nc2n(n1)[C@H](c1ccccc1)C[C@@H]2F. The quantitative estimate of drug-likeness (QED) is 0.788. The van der Waals surface area contributed by atoms with Crippen LogP contribution >= 0.6 is 0 Å². The van der Waals surface area contributed by atoms with E-state index in [0.717, 1.165) is 11.3 Å². The van der Waals surface area contributed by atoms with E-state index in [1.54, 1.807) is 10.7 Å². The van der Waals surface area contributed by atoms with Crippen LogP contribution in [0.25, 0.3) is 5.95 Å². The predicted molar refractivity (Wildman–Crippen MR) is 79.3 cm³/mol. The van der Waals surface area contributed by atoms with Crippen LogP contribution in [0, 0.1) is 6.92 Å². The van der Waals surface area contributed by atoms with E-state index in [-0.39, 0.29) is 6.04 Å². The van der Waals surface area contributed by atoms with Crippen LogP contribution in [0.4, 0.5) is 10.2 Å². The molecule has 2 aromatic heterocycles. The summed E-state index contributed by atoms with van der Waals surface area (Å²) in [5.74, 6) is 1.09. The molecule has 6 nitrogen and oxygen atoms in total. The predicted octanol–water partition coefficient (Wildman–Crippen LogP) is 2.36. The molecule has 0 amide bonds. The molecule has 0 aliphatic carbocycles. The van der Waals surface area contributed by atoms with Gasteiger partial charge in [0.2, 0.25) is 0 Å². The molecule has 0 saturated heterocycles. The molecule has 0 saturated carbocycles. The molecule has 1 aliphatic rings. The lowest BCUT2D eigenvalue weighted by atomic mass is 10.0. The molecular formula is C15H15FN6. The molecule has 0 fully saturated rings. The van der Waals surface area contributed by atoms with Crippen molar-refractivity contribution in [3.63, 3.8) is 0 Å². The van der Waals surface area contributed by atoms with Gasteiger partial charge in [-0.15, -0.1) is 10.2 Å². The molecule has 0 radical (unpaired) electrons. The first-order valence-corrected chi connectivity index (χ1v) is 7.11. The molecule has 3 aromatic rings. The van der Waals surface area contributed by atoms with Crippen molar-refractivity contribution >= 4 is 5.82 Å². The third-order valence-electron chi connectivity index (χ3n) is 3.93. The number of rotatable bonds is 2. The topological polar surface area (TPSA) is 74.5 Å². The van der Waals surface area contributed by atoms with E-state index in [1.165, 1.54) is 4.68 Å². The van der Waals surface area contributed by atoms with Crippen LogP contribution in [-0.2, 0) is 0 Å². The molecule has 1 aromatic carbocycles. The molecule has 3 heterocycles. The van der Waals surface area contributed by atoms with Gasteiger partial charge in [-0.05, 0) is 12.5 Å². The van der Waals surface area contributed by atoms with E-state index in [9.17, 15) is 4.39 Å². The van der Waals surface area contributed by atoms with Crippen molar-refractivity contribution < 1.29 is 4.39 Å². The van der Waals surface area contributed by atoms with Crippen molar-refractivity contribution in [3.8, 4) is 5.95 Å². The maximum absolute atomic E-state index is 14.3. The summed E-state index contributed by atoms with van der Waals surface area (Å²) in [5.41, 5.74) is 7.52. The Morgan fingerprint density at radius 3 is 2.68 bits per heavy atom. The molecule has 2 atom stereocenters. The lowest BCUT2D eigenvalue weighted by Gasteiger charge is -2.11. The van der Waals surface area contributed by atoms with Crippen LogP contribution in [0.1, 0.15) is 35.7 Å². The number of hydrogen-bond donors (Lipinski definition) is 1. The second-order valence-electron chi connectivity index (χ2n) is 5.47. The zero-order chi connectivity index (χ0) is 15.3. The van der Waals surface area contributed by atoms with Crippen LogP contribution < -0.4 is 5.73 Å². The van der Waals surface area contributed by atoms with Crippen LogP contribution in [0.15, 0.2) is 36.4 Å². The molecule has 22 heavy (non-hydrogen) atoms. The zero-order valence-corrected chi connectivity index (χ0v) is 12.0. The summed E-state index contributed by atoms with van der Waals surface area (Å²) in [6.45, 7) is 1.86. The van der Waals surface area contributed by atoms with Gasteiger partial charge in [0.05, 0.1) is 6.04 Å². The average Bonchev–Trinajstić information content (AvgIpc) is 3.15. The average molecular weight is 298 g/mol. The molecular weight excluding hydrogens is 283 g/mol. The largest absolute Gasteiger partial charge is 0.382 e. The van der Waals surface area contributed by atoms with Gasteiger partial charge in [-0.2, -0.15) is 9.67 Å². The first-order valence-electron chi connectivity index (χ1n) is 7.11. The summed E-state index contributed by atoms with van der Waals surface area (Å²) in [6, 6.07) is 11.4. The first kappa shape index (κ1) is 13.0. The number of aromatic nitrogens is 5. The maximum atomic E-state index is 14.3. The Bertz CT molecular complexity index is 822.